The molecule has 0 amide bonds. The summed E-state index contributed by atoms with van der Waals surface area (Å²) in [6.07, 6.45) is 0.221. The summed E-state index contributed by atoms with van der Waals surface area (Å²) >= 11 is 0. The van der Waals surface area contributed by atoms with E-state index in [-0.39, 0.29) is 18.7 Å². The Balaban J connectivity index is 2.64. The zero-order chi connectivity index (χ0) is 10.7. The molecule has 0 saturated heterocycles. The molecule has 0 fully saturated rings. The summed E-state index contributed by atoms with van der Waals surface area (Å²) in [5.41, 5.74) is 2.30. The van der Waals surface area contributed by atoms with Gasteiger partial charge >= 0.3 is 0 Å². The van der Waals surface area contributed by atoms with E-state index >= 15 is 0 Å². The van der Waals surface area contributed by atoms with Gasteiger partial charge in [0.1, 0.15) is 6.54 Å². The van der Waals surface area contributed by atoms with Crippen molar-refractivity contribution in [2.75, 3.05) is 0 Å². The zero-order valence-electron chi connectivity index (χ0n) is 8.79. The molecular formula is C10H15N3O. The van der Waals surface area contributed by atoms with Crippen LogP contribution in [0.25, 0.3) is 0 Å². The average molecular weight is 193 g/mol. The molecule has 0 saturated carbocycles. The van der Waals surface area contributed by atoms with Crippen LogP contribution in [0.4, 0.5) is 0 Å². The molecule has 0 bridgehead atoms. The Morgan fingerprint density at radius 2 is 2.21 bits per heavy atom. The second-order valence-electron chi connectivity index (χ2n) is 3.58. The van der Waals surface area contributed by atoms with E-state index in [0.717, 1.165) is 11.4 Å². The summed E-state index contributed by atoms with van der Waals surface area (Å²) in [5, 5.41) is 11.4. The highest BCUT2D eigenvalue weighted by Crippen LogP contribution is 2.02. The first-order valence-corrected chi connectivity index (χ1v) is 4.56. The predicted octanol–water partition coefficient (Wildman–Crippen LogP) is 1.50. The van der Waals surface area contributed by atoms with Gasteiger partial charge in [-0.3, -0.25) is 9.48 Å². The van der Waals surface area contributed by atoms with Crippen molar-refractivity contribution in [2.45, 2.75) is 33.7 Å². The molecule has 0 spiro atoms. The van der Waals surface area contributed by atoms with Crippen molar-refractivity contribution >= 4 is 11.5 Å². The molecule has 0 atom stereocenters. The quantitative estimate of drug-likeness (QED) is 0.736. The number of aromatic nitrogens is 2. The van der Waals surface area contributed by atoms with E-state index in [1.54, 1.807) is 11.6 Å². The third-order valence-electron chi connectivity index (χ3n) is 1.89. The lowest BCUT2D eigenvalue weighted by Crippen LogP contribution is -2.14. The van der Waals surface area contributed by atoms with Crippen molar-refractivity contribution in [3.05, 3.63) is 17.5 Å². The van der Waals surface area contributed by atoms with E-state index < -0.39 is 0 Å². The number of hydrogen-bond acceptors (Lipinski definition) is 3. The lowest BCUT2D eigenvalue weighted by molar-refractivity contribution is -0.118. The smallest absolute Gasteiger partial charge is 0.159 e. The van der Waals surface area contributed by atoms with Gasteiger partial charge in [-0.2, -0.15) is 5.10 Å². The molecule has 1 N–H and O–H groups in total. The minimum atomic E-state index is 0.0312. The van der Waals surface area contributed by atoms with Crippen molar-refractivity contribution in [1.82, 2.24) is 9.78 Å². The summed E-state index contributed by atoms with van der Waals surface area (Å²) in [7, 11) is 0. The molecule has 0 aliphatic heterocycles. The third-order valence-corrected chi connectivity index (χ3v) is 1.89. The zero-order valence-corrected chi connectivity index (χ0v) is 8.79. The van der Waals surface area contributed by atoms with Gasteiger partial charge in [0.2, 0.25) is 0 Å². The highest BCUT2D eigenvalue weighted by atomic mass is 16.1. The topological polar surface area (TPSA) is 58.7 Å². The van der Waals surface area contributed by atoms with Crippen LogP contribution in [-0.2, 0) is 11.3 Å². The minimum Gasteiger partial charge on any atom is -0.310 e. The Hall–Kier alpha value is -1.45. The first-order valence-electron chi connectivity index (χ1n) is 4.56. The van der Waals surface area contributed by atoms with Crippen molar-refractivity contribution in [1.29, 1.82) is 5.41 Å². The number of rotatable bonds is 4. The monoisotopic (exact) mass is 193 g/mol. The highest BCUT2D eigenvalue weighted by Gasteiger charge is 2.07. The Kier molecular flexibility index (Phi) is 3.17. The minimum absolute atomic E-state index is 0.0312. The Morgan fingerprint density at radius 3 is 2.64 bits per heavy atom. The SMILES string of the molecule is CC(=N)CC(=O)Cn1nc(C)cc1C. The summed E-state index contributed by atoms with van der Waals surface area (Å²) in [4.78, 5) is 11.4. The molecule has 0 aromatic carbocycles. The van der Waals surface area contributed by atoms with Gasteiger partial charge in [-0.25, -0.2) is 0 Å². The van der Waals surface area contributed by atoms with Crippen molar-refractivity contribution in [2.24, 2.45) is 0 Å². The number of carbonyl (C=O) groups is 1. The second-order valence-corrected chi connectivity index (χ2v) is 3.58. The lowest BCUT2D eigenvalue weighted by atomic mass is 10.2. The summed E-state index contributed by atoms with van der Waals surface area (Å²) in [6.45, 7) is 5.73. The van der Waals surface area contributed by atoms with Crippen LogP contribution in [0.15, 0.2) is 6.07 Å². The van der Waals surface area contributed by atoms with E-state index in [9.17, 15) is 4.79 Å². The van der Waals surface area contributed by atoms with E-state index in [2.05, 4.69) is 5.10 Å². The Morgan fingerprint density at radius 1 is 1.57 bits per heavy atom. The van der Waals surface area contributed by atoms with Crippen LogP contribution in [0.5, 0.6) is 0 Å². The third kappa shape index (κ3) is 2.80. The highest BCUT2D eigenvalue weighted by molar-refractivity contribution is 5.99. The van der Waals surface area contributed by atoms with Gasteiger partial charge in [0.25, 0.3) is 0 Å². The van der Waals surface area contributed by atoms with Crippen LogP contribution in [-0.4, -0.2) is 21.3 Å². The van der Waals surface area contributed by atoms with Gasteiger partial charge in [0.05, 0.1) is 5.69 Å². The molecule has 4 nitrogen and oxygen atoms in total. The molecule has 1 rings (SSSR count). The molecule has 4 heteroatoms. The van der Waals surface area contributed by atoms with E-state index in [4.69, 9.17) is 5.41 Å². The van der Waals surface area contributed by atoms with Crippen molar-refractivity contribution in [3.63, 3.8) is 0 Å². The van der Waals surface area contributed by atoms with Crippen LogP contribution < -0.4 is 0 Å². The number of ketones is 1. The predicted molar refractivity (Wildman–Crippen MR) is 54.7 cm³/mol. The fraction of sp³-hybridized carbons (Fsp3) is 0.500. The summed E-state index contributed by atoms with van der Waals surface area (Å²) < 4.78 is 1.68. The molecule has 76 valence electrons. The first-order chi connectivity index (χ1) is 6.49. The summed E-state index contributed by atoms with van der Waals surface area (Å²) in [5.74, 6) is 0.0312. The number of Topliss-reactive ketones (excluding diaryl/α,β-unsaturated/α-hetero) is 1. The standard InChI is InChI=1S/C10H15N3O/c1-7(11)4-10(14)6-13-9(3)5-8(2)12-13/h5,11H,4,6H2,1-3H3. The maximum Gasteiger partial charge on any atom is 0.159 e. The van der Waals surface area contributed by atoms with Gasteiger partial charge in [-0.1, -0.05) is 0 Å². The van der Waals surface area contributed by atoms with Gasteiger partial charge in [0.15, 0.2) is 5.78 Å². The Bertz CT molecular complexity index is 365. The average Bonchev–Trinajstić information content (AvgIpc) is 2.28. The molecule has 1 heterocycles. The van der Waals surface area contributed by atoms with E-state index in [1.165, 1.54) is 0 Å². The summed E-state index contributed by atoms with van der Waals surface area (Å²) in [6, 6.07) is 1.94. The van der Waals surface area contributed by atoms with Crippen molar-refractivity contribution < 1.29 is 4.79 Å². The molecular weight excluding hydrogens is 178 g/mol. The normalized spacial score (nSPS) is 10.2. The van der Waals surface area contributed by atoms with Crippen LogP contribution in [0, 0.1) is 19.3 Å². The largest absolute Gasteiger partial charge is 0.310 e. The fourth-order valence-corrected chi connectivity index (χ4v) is 1.35. The van der Waals surface area contributed by atoms with Gasteiger partial charge in [-0.15, -0.1) is 0 Å². The molecule has 1 aromatic heterocycles. The van der Waals surface area contributed by atoms with Crippen LogP contribution >= 0.6 is 0 Å². The molecule has 0 radical (unpaired) electrons. The molecule has 0 aliphatic rings. The second kappa shape index (κ2) is 4.17. The Labute approximate surface area is 83.4 Å². The van der Waals surface area contributed by atoms with E-state index in [1.807, 2.05) is 19.9 Å². The number of carbonyl (C=O) groups excluding carboxylic acids is 1. The van der Waals surface area contributed by atoms with Crippen LogP contribution in [0.3, 0.4) is 0 Å². The maximum atomic E-state index is 11.4. The molecule has 1 aromatic rings. The van der Waals surface area contributed by atoms with Gasteiger partial charge in [-0.05, 0) is 26.8 Å². The fourth-order valence-electron chi connectivity index (χ4n) is 1.35. The van der Waals surface area contributed by atoms with Gasteiger partial charge in [0, 0.05) is 17.8 Å². The molecule has 14 heavy (non-hydrogen) atoms. The van der Waals surface area contributed by atoms with Crippen LogP contribution in [0.2, 0.25) is 0 Å². The molecule has 0 aliphatic carbocycles. The number of hydrogen-bond donors (Lipinski definition) is 1. The number of aryl methyl sites for hydroxylation is 2. The van der Waals surface area contributed by atoms with E-state index in [0.29, 0.717) is 5.71 Å². The van der Waals surface area contributed by atoms with Gasteiger partial charge < -0.3 is 5.41 Å². The molecule has 0 unspecified atom stereocenters. The number of nitrogens with one attached hydrogen (secondary N) is 1. The maximum absolute atomic E-state index is 11.4. The van der Waals surface area contributed by atoms with Crippen LogP contribution in [0.1, 0.15) is 24.7 Å². The number of nitrogens with zero attached hydrogens (tertiary/aromatic N) is 2. The van der Waals surface area contributed by atoms with Crippen molar-refractivity contribution in [3.8, 4) is 0 Å². The first kappa shape index (κ1) is 10.6. The lowest BCUT2D eigenvalue weighted by Gasteiger charge is -2.02.